The van der Waals surface area contributed by atoms with Crippen LogP contribution in [0.3, 0.4) is 0 Å². The highest BCUT2D eigenvalue weighted by molar-refractivity contribution is 7.90. The normalized spacial score (nSPS) is 11.4. The van der Waals surface area contributed by atoms with Crippen LogP contribution in [0.15, 0.2) is 113 Å². The monoisotopic (exact) mass is 715 g/mol. The number of benzene rings is 4. The Morgan fingerprint density at radius 3 is 2.02 bits per heavy atom. The third-order valence-corrected chi connectivity index (χ3v) is 9.68. The second-order valence-electron chi connectivity index (χ2n) is 11.3. The number of nitrogens with one attached hydrogen (secondary N) is 2. The van der Waals surface area contributed by atoms with Crippen molar-refractivity contribution in [2.45, 2.75) is 37.0 Å². The van der Waals surface area contributed by atoms with Gasteiger partial charge in [0.15, 0.2) is 11.6 Å². The summed E-state index contributed by atoms with van der Waals surface area (Å²) in [6, 6.07) is 27.0. The third kappa shape index (κ3) is 8.68. The first kappa shape index (κ1) is 35.7. The van der Waals surface area contributed by atoms with Gasteiger partial charge < -0.3 is 4.74 Å². The van der Waals surface area contributed by atoms with E-state index in [0.717, 1.165) is 33.6 Å². The lowest BCUT2D eigenvalue weighted by Crippen LogP contribution is -2.31. The standard InChI is InChI=1S/C28H25N5O5S.C7H8O3S/c1-18-3-10-23(11-4-18)39(36,37)32-28(35)38-16-14-20-5-8-22(9-6-20)33-26-12-7-21(19(2)34)17-25(26)30-27(33)24-13-15-29-31-24;1-6-2-4-7(5-3-6)11(8,9)10/h3-13,15,17H,14,16H2,1-2H3,(H,29,31)(H,32,35);2-5H,1H3,(H,8,9,10). The number of carbonyl (C=O) groups excluding carboxylic acids is 2. The number of rotatable bonds is 9. The van der Waals surface area contributed by atoms with Crippen LogP contribution in [0.2, 0.25) is 0 Å². The van der Waals surface area contributed by atoms with E-state index >= 15 is 0 Å². The van der Waals surface area contributed by atoms with E-state index in [1.54, 1.807) is 42.6 Å². The van der Waals surface area contributed by atoms with Gasteiger partial charge in [-0.05, 0) is 87.0 Å². The Bertz CT molecular complexity index is 2350. The molecule has 2 heterocycles. The number of imidazole rings is 1. The summed E-state index contributed by atoms with van der Waals surface area (Å²) in [6.07, 6.45) is 0.995. The molecule has 6 rings (SSSR count). The van der Waals surface area contributed by atoms with E-state index in [1.807, 2.05) is 59.5 Å². The van der Waals surface area contributed by atoms with Gasteiger partial charge >= 0.3 is 6.09 Å². The molecule has 0 saturated heterocycles. The molecule has 0 radical (unpaired) electrons. The SMILES string of the molecule is CC(=O)c1ccc2c(c1)nc(-c1ccn[nH]1)n2-c1ccc(CCOC(=O)NS(=O)(=O)c2ccc(C)cc2)cc1.Cc1ccc(S(=O)(=O)O)cc1. The zero-order valence-corrected chi connectivity index (χ0v) is 28.8. The predicted octanol–water partition coefficient (Wildman–Crippen LogP) is 5.83. The van der Waals surface area contributed by atoms with Crippen LogP contribution >= 0.6 is 0 Å². The number of aromatic amines is 1. The number of aromatic nitrogens is 4. The number of ketones is 1. The lowest BCUT2D eigenvalue weighted by Gasteiger charge is -2.11. The van der Waals surface area contributed by atoms with Crippen LogP contribution in [-0.4, -0.2) is 59.6 Å². The number of H-pyrrole nitrogens is 1. The Morgan fingerprint density at radius 1 is 0.840 bits per heavy atom. The lowest BCUT2D eigenvalue weighted by atomic mass is 10.1. The van der Waals surface area contributed by atoms with Crippen LogP contribution in [0.5, 0.6) is 0 Å². The van der Waals surface area contributed by atoms with Crippen molar-refractivity contribution in [3.05, 3.63) is 126 Å². The number of Topliss-reactive ketones (excluding diaryl/α,β-unsaturated/α-hetero) is 1. The molecule has 0 aliphatic rings. The van der Waals surface area contributed by atoms with Crippen molar-refractivity contribution in [2.75, 3.05) is 6.61 Å². The molecule has 0 bridgehead atoms. The van der Waals surface area contributed by atoms with Gasteiger partial charge in [0.1, 0.15) is 5.69 Å². The highest BCUT2D eigenvalue weighted by atomic mass is 32.2. The molecule has 6 aromatic rings. The van der Waals surface area contributed by atoms with Gasteiger partial charge in [-0.2, -0.15) is 13.5 Å². The Balaban J connectivity index is 0.000000377. The first-order chi connectivity index (χ1) is 23.7. The van der Waals surface area contributed by atoms with Crippen LogP contribution in [0.25, 0.3) is 28.2 Å². The summed E-state index contributed by atoms with van der Waals surface area (Å²) in [5, 5.41) is 6.98. The average molecular weight is 716 g/mol. The molecular formula is C35H33N5O8S2. The van der Waals surface area contributed by atoms with Crippen LogP contribution < -0.4 is 4.72 Å². The van der Waals surface area contributed by atoms with Gasteiger partial charge in [0.25, 0.3) is 20.1 Å². The van der Waals surface area contributed by atoms with Gasteiger partial charge in [-0.3, -0.25) is 19.0 Å². The molecule has 2 aromatic heterocycles. The molecule has 50 heavy (non-hydrogen) atoms. The van der Waals surface area contributed by atoms with Gasteiger partial charge in [0, 0.05) is 23.9 Å². The molecule has 15 heteroatoms. The fourth-order valence-electron chi connectivity index (χ4n) is 4.82. The second-order valence-corrected chi connectivity index (χ2v) is 14.4. The molecule has 1 amide bonds. The molecule has 0 atom stereocenters. The van der Waals surface area contributed by atoms with Crippen molar-refractivity contribution < 1.29 is 35.7 Å². The number of sulfonamides is 1. The van der Waals surface area contributed by atoms with Gasteiger partial charge in [-0.25, -0.2) is 22.9 Å². The summed E-state index contributed by atoms with van der Waals surface area (Å²) in [5.74, 6) is 0.605. The maximum atomic E-state index is 12.4. The van der Waals surface area contributed by atoms with Crippen molar-refractivity contribution in [3.63, 3.8) is 0 Å². The van der Waals surface area contributed by atoms with Crippen molar-refractivity contribution >= 4 is 43.1 Å². The molecular weight excluding hydrogens is 683 g/mol. The smallest absolute Gasteiger partial charge is 0.421 e. The number of carbonyl (C=O) groups is 2. The highest BCUT2D eigenvalue weighted by Crippen LogP contribution is 2.28. The average Bonchev–Trinajstić information content (AvgIpc) is 3.73. The van der Waals surface area contributed by atoms with Crippen molar-refractivity contribution in [1.29, 1.82) is 0 Å². The Labute approximate surface area is 288 Å². The Kier molecular flexibility index (Phi) is 10.6. The van der Waals surface area contributed by atoms with Crippen molar-refractivity contribution in [1.82, 2.24) is 24.5 Å². The molecule has 0 saturated carbocycles. The minimum atomic E-state index is -4.02. The van der Waals surface area contributed by atoms with Crippen LogP contribution in [-0.2, 0) is 31.3 Å². The molecule has 0 unspecified atom stereocenters. The number of hydrogen-bond acceptors (Lipinski definition) is 9. The maximum absolute atomic E-state index is 12.4. The number of fused-ring (bicyclic) bond motifs is 1. The van der Waals surface area contributed by atoms with Crippen LogP contribution in [0, 0.1) is 13.8 Å². The molecule has 258 valence electrons. The largest absolute Gasteiger partial charge is 0.448 e. The Morgan fingerprint density at radius 2 is 1.46 bits per heavy atom. The number of amides is 1. The number of hydrogen-bond donors (Lipinski definition) is 3. The summed E-state index contributed by atoms with van der Waals surface area (Å²) < 4.78 is 63.3. The molecule has 0 fully saturated rings. The van der Waals surface area contributed by atoms with Crippen molar-refractivity contribution in [3.8, 4) is 17.2 Å². The van der Waals surface area contributed by atoms with E-state index in [9.17, 15) is 26.4 Å². The zero-order chi connectivity index (χ0) is 36.1. The van der Waals surface area contributed by atoms with Crippen LogP contribution in [0.1, 0.15) is 34.0 Å². The third-order valence-electron chi connectivity index (χ3n) is 7.49. The number of aryl methyl sites for hydroxylation is 2. The summed E-state index contributed by atoms with van der Waals surface area (Å²) in [5.41, 5.74) is 6.39. The van der Waals surface area contributed by atoms with Gasteiger partial charge in [0.05, 0.1) is 27.4 Å². The number of nitrogens with zero attached hydrogens (tertiary/aromatic N) is 3. The van der Waals surface area contributed by atoms with Gasteiger partial charge in [0.2, 0.25) is 0 Å². The summed E-state index contributed by atoms with van der Waals surface area (Å²) in [6.45, 7) is 5.19. The summed E-state index contributed by atoms with van der Waals surface area (Å²) >= 11 is 0. The molecule has 0 spiro atoms. The fourth-order valence-corrected chi connectivity index (χ4v) is 6.19. The zero-order valence-electron chi connectivity index (χ0n) is 27.2. The molecule has 0 aliphatic heterocycles. The maximum Gasteiger partial charge on any atom is 0.421 e. The van der Waals surface area contributed by atoms with Gasteiger partial charge in [-0.15, -0.1) is 0 Å². The Hall–Kier alpha value is -5.64. The first-order valence-electron chi connectivity index (χ1n) is 15.1. The number of ether oxygens (including phenoxy) is 1. The van der Waals surface area contributed by atoms with E-state index in [4.69, 9.17) is 14.3 Å². The lowest BCUT2D eigenvalue weighted by molar-refractivity contribution is 0.101. The fraction of sp³-hybridized carbons (Fsp3) is 0.143. The molecule has 0 aliphatic carbocycles. The van der Waals surface area contributed by atoms with E-state index in [2.05, 4.69) is 10.2 Å². The van der Waals surface area contributed by atoms with Crippen molar-refractivity contribution in [2.24, 2.45) is 0 Å². The minimum Gasteiger partial charge on any atom is -0.448 e. The molecule has 13 nitrogen and oxygen atoms in total. The topological polar surface area (TPSA) is 190 Å². The predicted molar refractivity (Wildman–Crippen MR) is 186 cm³/mol. The first-order valence-corrected chi connectivity index (χ1v) is 18.1. The van der Waals surface area contributed by atoms with Crippen LogP contribution in [0.4, 0.5) is 4.79 Å². The van der Waals surface area contributed by atoms with E-state index < -0.39 is 26.2 Å². The van der Waals surface area contributed by atoms with E-state index in [1.165, 1.54) is 31.2 Å². The van der Waals surface area contributed by atoms with Gasteiger partial charge in [-0.1, -0.05) is 47.5 Å². The quantitative estimate of drug-likeness (QED) is 0.121. The van der Waals surface area contributed by atoms with E-state index in [-0.39, 0.29) is 22.2 Å². The molecule has 3 N–H and O–H groups in total. The summed E-state index contributed by atoms with van der Waals surface area (Å²) in [4.78, 5) is 28.6. The summed E-state index contributed by atoms with van der Waals surface area (Å²) in [7, 11) is -8.03. The van der Waals surface area contributed by atoms with E-state index in [0.29, 0.717) is 23.3 Å². The highest BCUT2D eigenvalue weighted by Gasteiger charge is 2.19. The molecule has 4 aromatic carbocycles. The minimum absolute atomic E-state index is 0.00414. The second kappa shape index (κ2) is 14.9.